The molecule has 1 fully saturated rings. The molecule has 0 aromatic heterocycles. The number of epoxide rings is 1. The van der Waals surface area contributed by atoms with Gasteiger partial charge in [0.1, 0.15) is 25.4 Å². The topological polar surface area (TPSA) is 330 Å². The zero-order valence-electron chi connectivity index (χ0n) is 32.6. The number of carboxylic acids is 3. The molecule has 1 aliphatic heterocycles. The van der Waals surface area contributed by atoms with E-state index in [1.165, 1.54) is 11.8 Å². The maximum atomic E-state index is 11.3. The molecule has 2 atom stereocenters. The van der Waals surface area contributed by atoms with E-state index in [4.69, 9.17) is 43.0 Å². The molecule has 0 bridgehead atoms. The number of aliphatic carboxylic acids is 3. The van der Waals surface area contributed by atoms with Gasteiger partial charge < -0.3 is 59.2 Å². The molecule has 1 saturated heterocycles. The standard InChI is InChI=1S/C15H24N2O9.C7H10O3.C5H14N2.3CO2.3Na/c1-10(2)15(25)26-9-11(18)5-16(6-12(19)20)3-4-17(7-13(21)22)8-14(23)24;1-5(2)7(8)10-4-6-3-9-6;1-6-4-5-7(2)3;3*2-1-3;;;/h11,18H,1,3-9H2,2H3,(H,19,20)(H,21,22)(H,23,24);6H,1,3-4H2,2H3;6H,4-5H2,1-3H3;;;;;;/q;;;;;;3*+1/p-3. The summed E-state index contributed by atoms with van der Waals surface area (Å²) in [7, 11) is 6.10. The fourth-order valence-electron chi connectivity index (χ4n) is 2.72. The van der Waals surface area contributed by atoms with E-state index in [-0.39, 0.29) is 144 Å². The van der Waals surface area contributed by atoms with Crippen LogP contribution in [0.4, 0.5) is 0 Å². The molecular weight excluding hydrogens is 773 g/mol. The summed E-state index contributed by atoms with van der Waals surface area (Å²) in [5.41, 5.74) is 0.560. The van der Waals surface area contributed by atoms with Crippen LogP contribution in [0, 0.1) is 0 Å². The van der Waals surface area contributed by atoms with Crippen molar-refractivity contribution >= 4 is 48.3 Å². The summed E-state index contributed by atoms with van der Waals surface area (Å²) in [6, 6.07) is 0. The molecule has 55 heavy (non-hydrogen) atoms. The summed E-state index contributed by atoms with van der Waals surface area (Å²) < 4.78 is 14.3. The molecule has 0 aromatic carbocycles. The van der Waals surface area contributed by atoms with Crippen LogP contribution in [-0.4, -0.2) is 174 Å². The molecule has 0 saturated carbocycles. The molecule has 0 spiro atoms. The minimum Gasteiger partial charge on any atom is -0.549 e. The van der Waals surface area contributed by atoms with Crippen molar-refractivity contribution in [2.24, 2.45) is 0 Å². The quantitative estimate of drug-likeness (QED) is 0.0498. The van der Waals surface area contributed by atoms with Crippen molar-refractivity contribution in [2.75, 3.05) is 93.3 Å². The fourth-order valence-corrected chi connectivity index (χ4v) is 2.72. The average molecular weight is 819 g/mol. The number of esters is 2. The molecule has 25 heteroatoms. The van der Waals surface area contributed by atoms with Crippen LogP contribution in [0.5, 0.6) is 0 Å². The number of carboxylic acid groups (broad SMARTS) is 3. The minimum atomic E-state index is -1.51. The van der Waals surface area contributed by atoms with Crippen LogP contribution >= 0.6 is 0 Å². The van der Waals surface area contributed by atoms with Crippen LogP contribution in [0.1, 0.15) is 13.8 Å². The summed E-state index contributed by atoms with van der Waals surface area (Å²) in [6.07, 6.45) is -0.336. The number of carbonyl (C=O) groups excluding carboxylic acids is 11. The summed E-state index contributed by atoms with van der Waals surface area (Å²) in [4.78, 5) is 107. The third-order valence-electron chi connectivity index (χ3n) is 4.97. The van der Waals surface area contributed by atoms with Gasteiger partial charge in [-0.1, -0.05) is 13.2 Å². The number of ether oxygens (including phenoxy) is 3. The number of rotatable bonds is 20. The SMILES string of the molecule is C=C(C)C(=O)OCC(O)CN(CCN(CC(=O)[O-])CC(=O)[O-])CC(=O)[O-].C=C(C)C(=O)OCC1CO1.CNCCN(C)C.O=C=O.O=C=O.O=C=O.[Na+].[Na+].[Na+]. The Bertz CT molecular complexity index is 1140. The molecule has 0 radical (unpaired) electrons. The zero-order valence-corrected chi connectivity index (χ0v) is 38.6. The Morgan fingerprint density at radius 2 is 1.11 bits per heavy atom. The maximum absolute atomic E-state index is 11.3. The molecule has 0 aromatic rings. The van der Waals surface area contributed by atoms with E-state index in [1.807, 2.05) is 7.05 Å². The third-order valence-corrected chi connectivity index (χ3v) is 4.97. The molecule has 1 aliphatic rings. The first kappa shape index (κ1) is 70.5. The van der Waals surface area contributed by atoms with Crippen LogP contribution in [0.3, 0.4) is 0 Å². The Morgan fingerprint density at radius 1 is 0.764 bits per heavy atom. The molecule has 296 valence electrons. The van der Waals surface area contributed by atoms with Crippen molar-refractivity contribution in [1.29, 1.82) is 0 Å². The summed E-state index contributed by atoms with van der Waals surface area (Å²) >= 11 is 0. The Hall–Kier alpha value is -2.27. The van der Waals surface area contributed by atoms with Gasteiger partial charge in [-0.25, -0.2) is 9.59 Å². The number of aliphatic hydroxyl groups is 1. The van der Waals surface area contributed by atoms with Gasteiger partial charge in [0.2, 0.25) is 0 Å². The molecule has 0 amide bonds. The number of carbonyl (C=O) groups is 5. The third kappa shape index (κ3) is 66.9. The number of nitrogens with one attached hydrogen (secondary N) is 1. The van der Waals surface area contributed by atoms with Gasteiger partial charge in [0.25, 0.3) is 0 Å². The minimum absolute atomic E-state index is 0. The van der Waals surface area contributed by atoms with Gasteiger partial charge in [0.15, 0.2) is 0 Å². The number of aliphatic hydroxyl groups excluding tert-OH is 1. The van der Waals surface area contributed by atoms with Gasteiger partial charge in [-0.15, -0.1) is 0 Å². The Kier molecular flexibility index (Phi) is 63.8. The first-order chi connectivity index (χ1) is 24.2. The second-order valence-corrected chi connectivity index (χ2v) is 10.1. The van der Waals surface area contributed by atoms with Crippen molar-refractivity contribution in [3.63, 3.8) is 0 Å². The Labute approximate surface area is 384 Å². The molecule has 0 aliphatic carbocycles. The predicted molar refractivity (Wildman–Crippen MR) is 163 cm³/mol. The summed E-state index contributed by atoms with van der Waals surface area (Å²) in [5, 5.41) is 44.9. The fraction of sp³-hybridized carbons (Fsp3) is 0.600. The number of likely N-dealkylation sites (N-methyl/N-ethyl adjacent to an activating group) is 2. The summed E-state index contributed by atoms with van der Waals surface area (Å²) in [5.74, 6) is -5.53. The van der Waals surface area contributed by atoms with E-state index in [0.29, 0.717) is 18.8 Å². The van der Waals surface area contributed by atoms with Crippen molar-refractivity contribution in [3.05, 3.63) is 24.3 Å². The first-order valence-electron chi connectivity index (χ1n) is 14.5. The van der Waals surface area contributed by atoms with Crippen molar-refractivity contribution in [2.45, 2.75) is 26.1 Å². The molecule has 1 rings (SSSR count). The van der Waals surface area contributed by atoms with Crippen molar-refractivity contribution in [1.82, 2.24) is 20.0 Å². The summed E-state index contributed by atoms with van der Waals surface area (Å²) in [6.45, 7) is 10.3. The number of nitrogens with zero attached hydrogens (tertiary/aromatic N) is 3. The molecular formula is C30H45N4Na3O18. The second-order valence-electron chi connectivity index (χ2n) is 10.1. The van der Waals surface area contributed by atoms with Gasteiger partial charge in [0.05, 0.1) is 24.5 Å². The van der Waals surface area contributed by atoms with E-state index in [1.54, 1.807) is 6.92 Å². The Balaban J connectivity index is -0.000000104. The number of hydrogen-bond acceptors (Lipinski definition) is 22. The van der Waals surface area contributed by atoms with Gasteiger partial charge in [-0.3, -0.25) is 9.80 Å². The van der Waals surface area contributed by atoms with E-state index in [0.717, 1.165) is 18.0 Å². The van der Waals surface area contributed by atoms with E-state index >= 15 is 0 Å². The maximum Gasteiger partial charge on any atom is 1.00 e. The van der Waals surface area contributed by atoms with Gasteiger partial charge >= 0.3 is 119 Å². The smallest absolute Gasteiger partial charge is 0.549 e. The van der Waals surface area contributed by atoms with E-state index in [2.05, 4.69) is 37.5 Å². The molecule has 22 nitrogen and oxygen atoms in total. The zero-order chi connectivity index (χ0) is 41.7. The molecule has 2 unspecified atom stereocenters. The largest absolute Gasteiger partial charge is 1.00 e. The van der Waals surface area contributed by atoms with Crippen LogP contribution < -0.4 is 109 Å². The number of hydrogen-bond donors (Lipinski definition) is 2. The first-order valence-corrected chi connectivity index (χ1v) is 14.5. The average Bonchev–Trinajstić information content (AvgIpc) is 3.86. The monoisotopic (exact) mass is 818 g/mol. The van der Waals surface area contributed by atoms with Crippen LogP contribution in [0.25, 0.3) is 0 Å². The van der Waals surface area contributed by atoms with Crippen molar-refractivity contribution < 1.29 is 176 Å². The van der Waals surface area contributed by atoms with Gasteiger partial charge in [-0.05, 0) is 35.0 Å². The Morgan fingerprint density at radius 3 is 1.40 bits per heavy atom. The van der Waals surface area contributed by atoms with Crippen LogP contribution in [0.2, 0.25) is 0 Å². The predicted octanol–water partition coefficient (Wildman–Crippen LogP) is -16.1. The second kappa shape index (κ2) is 49.7. The normalized spacial score (nSPS) is 11.4. The van der Waals surface area contributed by atoms with E-state index < -0.39 is 56.2 Å². The van der Waals surface area contributed by atoms with Crippen LogP contribution in [0.15, 0.2) is 24.3 Å². The van der Waals surface area contributed by atoms with Crippen LogP contribution in [-0.2, 0) is 67.0 Å². The van der Waals surface area contributed by atoms with Gasteiger partial charge in [0, 0.05) is 63.5 Å². The van der Waals surface area contributed by atoms with E-state index in [9.17, 15) is 44.4 Å². The van der Waals surface area contributed by atoms with Crippen molar-refractivity contribution in [3.8, 4) is 0 Å². The molecule has 1 heterocycles. The van der Waals surface area contributed by atoms with Gasteiger partial charge in [-0.2, -0.15) is 28.8 Å². The molecule has 2 N–H and O–H groups in total.